The third kappa shape index (κ3) is 3.83. The van der Waals surface area contributed by atoms with Gasteiger partial charge in [-0.3, -0.25) is 0 Å². The number of thiol groups is 1. The smallest absolute Gasteiger partial charge is 0.0940 e. The fourth-order valence-corrected chi connectivity index (χ4v) is 2.22. The van der Waals surface area contributed by atoms with Gasteiger partial charge in [-0.2, -0.15) is 0 Å². The van der Waals surface area contributed by atoms with Crippen molar-refractivity contribution in [2.45, 2.75) is 30.5 Å². The number of hydrogen-bond donors (Lipinski definition) is 3. The van der Waals surface area contributed by atoms with Gasteiger partial charge < -0.3 is 10.4 Å². The maximum absolute atomic E-state index is 10.3. The zero-order valence-electron chi connectivity index (χ0n) is 11.0. The topological polar surface area (TPSA) is 32.3 Å². The van der Waals surface area contributed by atoms with Crippen LogP contribution in [0.2, 0.25) is 0 Å². The maximum Gasteiger partial charge on any atom is 0.0940 e. The van der Waals surface area contributed by atoms with Crippen molar-refractivity contribution in [2.75, 3.05) is 0 Å². The molecule has 2 aromatic rings. The number of aliphatic hydroxyl groups excluding tert-OH is 1. The fraction of sp³-hybridized carbons (Fsp3) is 0.250. The van der Waals surface area contributed by atoms with Gasteiger partial charge in [0.25, 0.3) is 0 Å². The zero-order valence-corrected chi connectivity index (χ0v) is 11.8. The Kier molecular flexibility index (Phi) is 5.02. The highest BCUT2D eigenvalue weighted by Gasteiger charge is 2.15. The van der Waals surface area contributed by atoms with Gasteiger partial charge in [0, 0.05) is 17.5 Å². The van der Waals surface area contributed by atoms with Gasteiger partial charge in [0.15, 0.2) is 0 Å². The summed E-state index contributed by atoms with van der Waals surface area (Å²) in [5.74, 6) is 0. The molecule has 0 amide bonds. The average molecular weight is 273 g/mol. The summed E-state index contributed by atoms with van der Waals surface area (Å²) in [6.07, 6.45) is -0.506. The van der Waals surface area contributed by atoms with E-state index in [1.54, 1.807) is 0 Å². The minimum Gasteiger partial charge on any atom is -0.387 e. The summed E-state index contributed by atoms with van der Waals surface area (Å²) in [4.78, 5) is 0.969. The van der Waals surface area contributed by atoms with Crippen molar-refractivity contribution in [1.82, 2.24) is 5.32 Å². The molecule has 2 nitrogen and oxygen atoms in total. The highest BCUT2D eigenvalue weighted by Crippen LogP contribution is 2.17. The lowest BCUT2D eigenvalue weighted by Gasteiger charge is -2.21. The highest BCUT2D eigenvalue weighted by molar-refractivity contribution is 7.80. The van der Waals surface area contributed by atoms with Crippen molar-refractivity contribution < 1.29 is 5.11 Å². The lowest BCUT2D eigenvalue weighted by molar-refractivity contribution is 0.135. The first-order valence-electron chi connectivity index (χ1n) is 6.41. The van der Waals surface area contributed by atoms with Gasteiger partial charge >= 0.3 is 0 Å². The Morgan fingerprint density at radius 3 is 2.37 bits per heavy atom. The Balaban J connectivity index is 1.95. The van der Waals surface area contributed by atoms with Crippen LogP contribution in [-0.4, -0.2) is 11.1 Å². The molecule has 19 heavy (non-hydrogen) atoms. The zero-order chi connectivity index (χ0) is 13.7. The molecule has 0 unspecified atom stereocenters. The summed E-state index contributed by atoms with van der Waals surface area (Å²) in [6.45, 7) is 2.68. The van der Waals surface area contributed by atoms with Gasteiger partial charge in [0.2, 0.25) is 0 Å². The third-order valence-corrected chi connectivity index (χ3v) is 3.66. The molecule has 0 aromatic heterocycles. The average Bonchev–Trinajstić information content (AvgIpc) is 2.46. The van der Waals surface area contributed by atoms with Crippen LogP contribution in [0.4, 0.5) is 0 Å². The molecule has 2 atom stereocenters. The Hall–Kier alpha value is -1.29. The SMILES string of the molecule is C[C@@H](NCc1ccccc1S)[C@@H](O)c1ccccc1. The number of aliphatic hydroxyl groups is 1. The van der Waals surface area contributed by atoms with E-state index in [1.807, 2.05) is 61.5 Å². The van der Waals surface area contributed by atoms with Crippen molar-refractivity contribution >= 4 is 12.6 Å². The van der Waals surface area contributed by atoms with Gasteiger partial charge in [-0.25, -0.2) is 0 Å². The molecule has 100 valence electrons. The number of nitrogens with one attached hydrogen (secondary N) is 1. The molecule has 0 saturated heterocycles. The summed E-state index contributed by atoms with van der Waals surface area (Å²) in [6, 6.07) is 17.7. The minimum absolute atomic E-state index is 0.0182. The molecule has 0 bridgehead atoms. The van der Waals surface area contributed by atoms with E-state index in [9.17, 15) is 5.11 Å². The third-order valence-electron chi connectivity index (χ3n) is 3.22. The summed E-state index contributed by atoms with van der Waals surface area (Å²) >= 11 is 4.42. The lowest BCUT2D eigenvalue weighted by Crippen LogP contribution is -2.31. The van der Waals surface area contributed by atoms with Gasteiger partial charge in [-0.05, 0) is 24.1 Å². The molecular weight excluding hydrogens is 254 g/mol. The van der Waals surface area contributed by atoms with Crippen LogP contribution in [0.5, 0.6) is 0 Å². The van der Waals surface area contributed by atoms with Crippen LogP contribution in [0, 0.1) is 0 Å². The summed E-state index contributed by atoms with van der Waals surface area (Å²) in [7, 11) is 0. The van der Waals surface area contributed by atoms with Crippen molar-refractivity contribution in [1.29, 1.82) is 0 Å². The lowest BCUT2D eigenvalue weighted by atomic mass is 10.0. The summed E-state index contributed by atoms with van der Waals surface area (Å²) in [5.41, 5.74) is 2.07. The second kappa shape index (κ2) is 6.75. The standard InChI is InChI=1S/C16H19NOS/c1-12(16(18)13-7-3-2-4-8-13)17-11-14-9-5-6-10-15(14)19/h2-10,12,16-19H,11H2,1H3/t12-,16-/m1/s1. The van der Waals surface area contributed by atoms with Gasteiger partial charge in [0.05, 0.1) is 6.10 Å². The van der Waals surface area contributed by atoms with Gasteiger partial charge in [-0.1, -0.05) is 48.5 Å². The van der Waals surface area contributed by atoms with Crippen LogP contribution < -0.4 is 5.32 Å². The second-order valence-corrected chi connectivity index (χ2v) is 5.14. The van der Waals surface area contributed by atoms with E-state index >= 15 is 0 Å². The van der Waals surface area contributed by atoms with Crippen LogP contribution in [0.3, 0.4) is 0 Å². The monoisotopic (exact) mass is 273 g/mol. The van der Waals surface area contributed by atoms with Crippen molar-refractivity contribution in [3.63, 3.8) is 0 Å². The number of hydrogen-bond acceptors (Lipinski definition) is 3. The number of rotatable bonds is 5. The molecule has 0 spiro atoms. The Morgan fingerprint density at radius 2 is 1.68 bits per heavy atom. The molecule has 2 N–H and O–H groups in total. The Labute approximate surface area is 119 Å². The number of benzene rings is 2. The van der Waals surface area contributed by atoms with E-state index < -0.39 is 6.10 Å². The van der Waals surface area contributed by atoms with Crippen LogP contribution in [-0.2, 0) is 6.54 Å². The first-order valence-corrected chi connectivity index (χ1v) is 6.86. The molecule has 0 aliphatic carbocycles. The van der Waals surface area contributed by atoms with Gasteiger partial charge in [-0.15, -0.1) is 12.6 Å². The minimum atomic E-state index is -0.506. The second-order valence-electron chi connectivity index (χ2n) is 4.65. The molecule has 0 radical (unpaired) electrons. The van der Waals surface area contributed by atoms with Crippen molar-refractivity contribution in [2.24, 2.45) is 0 Å². The summed E-state index contributed by atoms with van der Waals surface area (Å²) < 4.78 is 0. The van der Waals surface area contributed by atoms with Crippen LogP contribution >= 0.6 is 12.6 Å². The quantitative estimate of drug-likeness (QED) is 0.731. The van der Waals surface area contributed by atoms with E-state index in [0.29, 0.717) is 6.54 Å². The van der Waals surface area contributed by atoms with Crippen LogP contribution in [0.1, 0.15) is 24.2 Å². The predicted octanol–water partition coefficient (Wildman–Crippen LogP) is 3.19. The first-order chi connectivity index (χ1) is 9.18. The predicted molar refractivity (Wildman–Crippen MR) is 81.4 cm³/mol. The van der Waals surface area contributed by atoms with E-state index in [0.717, 1.165) is 16.0 Å². The van der Waals surface area contributed by atoms with Gasteiger partial charge in [0.1, 0.15) is 0 Å². The van der Waals surface area contributed by atoms with E-state index in [-0.39, 0.29) is 6.04 Å². The largest absolute Gasteiger partial charge is 0.387 e. The van der Waals surface area contributed by atoms with Crippen molar-refractivity contribution in [3.8, 4) is 0 Å². The maximum atomic E-state index is 10.3. The molecule has 2 aromatic carbocycles. The molecule has 0 heterocycles. The fourth-order valence-electron chi connectivity index (χ4n) is 1.98. The molecule has 0 fully saturated rings. The van der Waals surface area contributed by atoms with Crippen LogP contribution in [0.15, 0.2) is 59.5 Å². The summed E-state index contributed by atoms with van der Waals surface area (Å²) in [5, 5.41) is 13.6. The van der Waals surface area contributed by atoms with Crippen molar-refractivity contribution in [3.05, 3.63) is 65.7 Å². The Bertz CT molecular complexity index is 515. The van der Waals surface area contributed by atoms with E-state index in [2.05, 4.69) is 17.9 Å². The molecular formula is C16H19NOS. The molecule has 0 aliphatic heterocycles. The molecule has 0 saturated carbocycles. The normalized spacial score (nSPS) is 14.1. The van der Waals surface area contributed by atoms with E-state index in [1.165, 1.54) is 0 Å². The molecule has 2 rings (SSSR count). The molecule has 0 aliphatic rings. The Morgan fingerprint density at radius 1 is 1.05 bits per heavy atom. The van der Waals surface area contributed by atoms with Crippen LogP contribution in [0.25, 0.3) is 0 Å². The highest BCUT2D eigenvalue weighted by atomic mass is 32.1. The van der Waals surface area contributed by atoms with E-state index in [4.69, 9.17) is 0 Å². The first kappa shape index (κ1) is 14.1. The molecule has 3 heteroatoms.